The molecule has 90 valence electrons. The van der Waals surface area contributed by atoms with E-state index in [0.29, 0.717) is 6.04 Å². The van der Waals surface area contributed by atoms with Gasteiger partial charge >= 0.3 is 0 Å². The number of allylic oxidation sites excluding steroid dienone is 1. The van der Waals surface area contributed by atoms with Gasteiger partial charge in [0, 0.05) is 10.9 Å². The Morgan fingerprint density at radius 1 is 1.56 bits per heavy atom. The van der Waals surface area contributed by atoms with E-state index in [9.17, 15) is 0 Å². The summed E-state index contributed by atoms with van der Waals surface area (Å²) in [5, 5.41) is 3.57. The van der Waals surface area contributed by atoms with Gasteiger partial charge in [0.2, 0.25) is 0 Å². The van der Waals surface area contributed by atoms with Crippen LogP contribution in [0.5, 0.6) is 0 Å². The van der Waals surface area contributed by atoms with E-state index in [1.54, 1.807) is 11.3 Å². The number of nitrogens with one attached hydrogen (secondary N) is 1. The second-order valence-corrected chi connectivity index (χ2v) is 5.89. The van der Waals surface area contributed by atoms with Crippen molar-refractivity contribution in [3.8, 4) is 0 Å². The number of thiophene rings is 1. The molecule has 0 spiro atoms. The molecule has 0 aliphatic carbocycles. The lowest BCUT2D eigenvalue weighted by molar-refractivity contribution is 0.505. The largest absolute Gasteiger partial charge is 0.309 e. The Labute approximate surface area is 108 Å². The van der Waals surface area contributed by atoms with E-state index < -0.39 is 0 Å². The molecule has 1 atom stereocenters. The number of rotatable bonds is 7. The molecule has 1 N–H and O–H groups in total. The average molecular weight is 258 g/mol. The molecule has 0 saturated heterocycles. The summed E-state index contributed by atoms with van der Waals surface area (Å²) in [7, 11) is 0. The van der Waals surface area contributed by atoms with E-state index in [1.165, 1.54) is 10.5 Å². The minimum Gasteiger partial charge on any atom is -0.309 e. The van der Waals surface area contributed by atoms with Crippen molar-refractivity contribution in [2.45, 2.75) is 39.2 Å². The van der Waals surface area contributed by atoms with Crippen LogP contribution in [0.1, 0.15) is 44.0 Å². The zero-order chi connectivity index (χ0) is 12.0. The van der Waals surface area contributed by atoms with Crippen molar-refractivity contribution < 1.29 is 0 Å². The molecule has 0 amide bonds. The van der Waals surface area contributed by atoms with E-state index in [2.05, 4.69) is 31.8 Å². The molecule has 0 fully saturated rings. The first kappa shape index (κ1) is 13.8. The van der Waals surface area contributed by atoms with Crippen molar-refractivity contribution in [2.75, 3.05) is 6.54 Å². The number of hydrogen-bond acceptors (Lipinski definition) is 2. The van der Waals surface area contributed by atoms with Gasteiger partial charge in [-0.2, -0.15) is 0 Å². The lowest BCUT2D eigenvalue weighted by Crippen LogP contribution is -2.21. The molecule has 1 unspecified atom stereocenters. The van der Waals surface area contributed by atoms with E-state index in [1.807, 2.05) is 6.07 Å². The molecule has 1 rings (SSSR count). The average Bonchev–Trinajstić information content (AvgIpc) is 2.64. The van der Waals surface area contributed by atoms with Gasteiger partial charge in [-0.05, 0) is 44.9 Å². The van der Waals surface area contributed by atoms with Crippen LogP contribution in [0.25, 0.3) is 0 Å². The summed E-state index contributed by atoms with van der Waals surface area (Å²) in [6.07, 6.45) is 3.33. The lowest BCUT2D eigenvalue weighted by Gasteiger charge is -2.17. The van der Waals surface area contributed by atoms with Crippen molar-refractivity contribution in [2.24, 2.45) is 0 Å². The fraction of sp³-hybridized carbons (Fsp3) is 0.538. The summed E-state index contributed by atoms with van der Waals surface area (Å²) in [6.45, 7) is 9.27. The van der Waals surface area contributed by atoms with Crippen LogP contribution in [0.15, 0.2) is 24.3 Å². The zero-order valence-corrected chi connectivity index (χ0v) is 11.6. The van der Waals surface area contributed by atoms with E-state index >= 15 is 0 Å². The van der Waals surface area contributed by atoms with Crippen molar-refractivity contribution in [1.82, 2.24) is 5.32 Å². The fourth-order valence-electron chi connectivity index (χ4n) is 1.57. The molecule has 1 aromatic rings. The maximum Gasteiger partial charge on any atom is 0.0931 e. The van der Waals surface area contributed by atoms with Crippen LogP contribution >= 0.6 is 22.9 Å². The quantitative estimate of drug-likeness (QED) is 0.692. The van der Waals surface area contributed by atoms with Gasteiger partial charge < -0.3 is 5.32 Å². The molecule has 1 heterocycles. The minimum atomic E-state index is 0.425. The maximum atomic E-state index is 5.97. The molecule has 0 aromatic carbocycles. The molecule has 1 nitrogen and oxygen atoms in total. The number of halogens is 1. The molecular weight excluding hydrogens is 238 g/mol. The summed E-state index contributed by atoms with van der Waals surface area (Å²) in [4.78, 5) is 1.33. The first-order valence-electron chi connectivity index (χ1n) is 5.76. The first-order chi connectivity index (χ1) is 7.63. The third-order valence-corrected chi connectivity index (χ3v) is 3.78. The van der Waals surface area contributed by atoms with Crippen LogP contribution in [-0.2, 0) is 0 Å². The van der Waals surface area contributed by atoms with Gasteiger partial charge in [0.05, 0.1) is 4.34 Å². The Kier molecular flexibility index (Phi) is 6.10. The summed E-state index contributed by atoms with van der Waals surface area (Å²) >= 11 is 7.65. The van der Waals surface area contributed by atoms with Gasteiger partial charge in [0.15, 0.2) is 0 Å². The van der Waals surface area contributed by atoms with Crippen molar-refractivity contribution in [3.63, 3.8) is 0 Å². The monoisotopic (exact) mass is 257 g/mol. The van der Waals surface area contributed by atoms with E-state index in [0.717, 1.165) is 30.1 Å². The van der Waals surface area contributed by atoms with Gasteiger partial charge in [-0.3, -0.25) is 0 Å². The van der Waals surface area contributed by atoms with Crippen LogP contribution in [0, 0.1) is 0 Å². The van der Waals surface area contributed by atoms with Gasteiger partial charge in [-0.15, -0.1) is 17.9 Å². The molecule has 1 aromatic heterocycles. The van der Waals surface area contributed by atoms with Crippen LogP contribution in [0.3, 0.4) is 0 Å². The third kappa shape index (κ3) is 4.69. The molecule has 0 bridgehead atoms. The molecule has 16 heavy (non-hydrogen) atoms. The van der Waals surface area contributed by atoms with Gasteiger partial charge in [0.25, 0.3) is 0 Å². The van der Waals surface area contributed by atoms with E-state index in [4.69, 9.17) is 11.6 Å². The summed E-state index contributed by atoms with van der Waals surface area (Å²) in [5.41, 5.74) is 1.24. The number of hydrogen-bond donors (Lipinski definition) is 1. The SMILES string of the molecule is C=C(C)CCC(NCCC)c1ccc(Cl)s1. The maximum absolute atomic E-state index is 5.97. The van der Waals surface area contributed by atoms with Gasteiger partial charge in [-0.1, -0.05) is 24.1 Å². The summed E-state index contributed by atoms with van der Waals surface area (Å²) in [6, 6.07) is 4.52. The predicted octanol–water partition coefficient (Wildman–Crippen LogP) is 4.80. The van der Waals surface area contributed by atoms with Crippen molar-refractivity contribution in [3.05, 3.63) is 33.5 Å². The minimum absolute atomic E-state index is 0.425. The Morgan fingerprint density at radius 2 is 2.31 bits per heavy atom. The summed E-state index contributed by atoms with van der Waals surface area (Å²) in [5.74, 6) is 0. The van der Waals surface area contributed by atoms with E-state index in [-0.39, 0.29) is 0 Å². The molecule has 3 heteroatoms. The van der Waals surface area contributed by atoms with Gasteiger partial charge in [-0.25, -0.2) is 0 Å². The van der Waals surface area contributed by atoms with Crippen molar-refractivity contribution in [1.29, 1.82) is 0 Å². The molecular formula is C13H20ClNS. The smallest absolute Gasteiger partial charge is 0.0931 e. The standard InChI is InChI=1S/C13H20ClNS/c1-4-9-15-11(6-5-10(2)3)12-7-8-13(14)16-12/h7-8,11,15H,2,4-6,9H2,1,3H3. The van der Waals surface area contributed by atoms with Gasteiger partial charge in [0.1, 0.15) is 0 Å². The first-order valence-corrected chi connectivity index (χ1v) is 6.96. The molecule has 0 radical (unpaired) electrons. The van der Waals surface area contributed by atoms with Crippen LogP contribution in [-0.4, -0.2) is 6.54 Å². The molecule has 0 saturated carbocycles. The third-order valence-electron chi connectivity index (χ3n) is 2.44. The Morgan fingerprint density at radius 3 is 2.81 bits per heavy atom. The van der Waals surface area contributed by atoms with Crippen LogP contribution in [0.2, 0.25) is 4.34 Å². The highest BCUT2D eigenvalue weighted by Crippen LogP contribution is 2.30. The highest BCUT2D eigenvalue weighted by Gasteiger charge is 2.12. The van der Waals surface area contributed by atoms with Crippen LogP contribution < -0.4 is 5.32 Å². The fourth-order valence-corrected chi connectivity index (χ4v) is 2.74. The molecule has 0 aliphatic rings. The van der Waals surface area contributed by atoms with Crippen LogP contribution in [0.4, 0.5) is 0 Å². The topological polar surface area (TPSA) is 12.0 Å². The Bertz CT molecular complexity index is 332. The molecule has 0 aliphatic heterocycles. The highest BCUT2D eigenvalue weighted by atomic mass is 35.5. The highest BCUT2D eigenvalue weighted by molar-refractivity contribution is 7.16. The Hall–Kier alpha value is -0.310. The predicted molar refractivity (Wildman–Crippen MR) is 74.4 cm³/mol. The summed E-state index contributed by atoms with van der Waals surface area (Å²) < 4.78 is 0.869. The van der Waals surface area contributed by atoms with Crippen molar-refractivity contribution >= 4 is 22.9 Å². The second kappa shape index (κ2) is 7.10. The zero-order valence-electron chi connectivity index (χ0n) is 10.1. The normalized spacial score (nSPS) is 12.7. The Balaban J connectivity index is 2.59. The second-order valence-electron chi connectivity index (χ2n) is 4.14. The lowest BCUT2D eigenvalue weighted by atomic mass is 10.1.